The lowest BCUT2D eigenvalue weighted by atomic mass is 10.1. The third-order valence-electron chi connectivity index (χ3n) is 1.47. The molecule has 0 N–H and O–H groups in total. The molecular formula is C9H5F2NO. The summed E-state index contributed by atoms with van der Waals surface area (Å²) in [4.78, 5) is 10.8. The molecule has 0 radical (unpaired) electrons. The summed E-state index contributed by atoms with van der Waals surface area (Å²) in [5, 5.41) is 8.43. The average molecular weight is 181 g/mol. The van der Waals surface area contributed by atoms with Crippen LogP contribution in [0.2, 0.25) is 0 Å². The molecule has 0 fully saturated rings. The number of alkyl halides is 2. The van der Waals surface area contributed by atoms with Gasteiger partial charge >= 0.3 is 6.43 Å². The van der Waals surface area contributed by atoms with E-state index in [1.807, 2.05) is 0 Å². The fraction of sp³-hybridized carbons (Fsp3) is 0.111. The minimum atomic E-state index is -3.02. The van der Waals surface area contributed by atoms with Gasteiger partial charge in [0.1, 0.15) is 0 Å². The van der Waals surface area contributed by atoms with Gasteiger partial charge in [0.2, 0.25) is 5.78 Å². The summed E-state index contributed by atoms with van der Waals surface area (Å²) in [7, 11) is 0. The summed E-state index contributed by atoms with van der Waals surface area (Å²) in [5.74, 6) is -1.25. The van der Waals surface area contributed by atoms with Gasteiger partial charge in [0.25, 0.3) is 0 Å². The topological polar surface area (TPSA) is 40.9 Å². The van der Waals surface area contributed by atoms with E-state index < -0.39 is 12.2 Å². The van der Waals surface area contributed by atoms with Gasteiger partial charge in [0.05, 0.1) is 11.6 Å². The van der Waals surface area contributed by atoms with Crippen LogP contribution in [0.1, 0.15) is 15.9 Å². The Labute approximate surface area is 73.4 Å². The molecular weight excluding hydrogens is 176 g/mol. The Hall–Kier alpha value is -1.76. The number of rotatable bonds is 2. The second-order valence-corrected chi connectivity index (χ2v) is 2.36. The maximum absolute atomic E-state index is 11.9. The van der Waals surface area contributed by atoms with E-state index in [4.69, 9.17) is 5.26 Å². The van der Waals surface area contributed by atoms with Gasteiger partial charge < -0.3 is 0 Å². The molecule has 0 bridgehead atoms. The van der Waals surface area contributed by atoms with Crippen molar-refractivity contribution in [1.29, 1.82) is 5.26 Å². The predicted octanol–water partition coefficient (Wildman–Crippen LogP) is 2.01. The summed E-state index contributed by atoms with van der Waals surface area (Å²) in [6.07, 6.45) is -3.02. The molecule has 0 atom stereocenters. The van der Waals surface area contributed by atoms with E-state index in [1.54, 1.807) is 6.07 Å². The van der Waals surface area contributed by atoms with Crippen molar-refractivity contribution in [2.45, 2.75) is 6.43 Å². The van der Waals surface area contributed by atoms with Gasteiger partial charge in [0, 0.05) is 5.56 Å². The van der Waals surface area contributed by atoms with Crippen LogP contribution in [0.3, 0.4) is 0 Å². The number of ketones is 1. The first-order chi connectivity index (χ1) is 6.15. The van der Waals surface area contributed by atoms with Gasteiger partial charge in [-0.05, 0) is 12.1 Å². The molecule has 0 heterocycles. The number of hydrogen-bond acceptors (Lipinski definition) is 2. The molecule has 0 aliphatic carbocycles. The van der Waals surface area contributed by atoms with Gasteiger partial charge in [-0.2, -0.15) is 5.26 Å². The minimum Gasteiger partial charge on any atom is -0.288 e. The van der Waals surface area contributed by atoms with Crippen molar-refractivity contribution in [2.75, 3.05) is 0 Å². The van der Waals surface area contributed by atoms with E-state index in [9.17, 15) is 13.6 Å². The molecule has 0 aliphatic rings. The Bertz CT molecular complexity index is 368. The van der Waals surface area contributed by atoms with Gasteiger partial charge in [0.15, 0.2) is 0 Å². The van der Waals surface area contributed by atoms with E-state index in [0.29, 0.717) is 0 Å². The molecule has 0 saturated carbocycles. The molecule has 4 heteroatoms. The van der Waals surface area contributed by atoms with Crippen molar-refractivity contribution < 1.29 is 13.6 Å². The normalized spacial score (nSPS) is 9.69. The molecule has 1 aromatic carbocycles. The molecule has 2 nitrogen and oxygen atoms in total. The van der Waals surface area contributed by atoms with E-state index in [2.05, 4.69) is 0 Å². The van der Waals surface area contributed by atoms with Gasteiger partial charge in [-0.25, -0.2) is 8.78 Å². The summed E-state index contributed by atoms with van der Waals surface area (Å²) in [5.41, 5.74) is 0.0700. The molecule has 0 aliphatic heterocycles. The van der Waals surface area contributed by atoms with Crippen LogP contribution in [0.5, 0.6) is 0 Å². The zero-order chi connectivity index (χ0) is 9.84. The zero-order valence-electron chi connectivity index (χ0n) is 6.50. The van der Waals surface area contributed by atoms with Crippen LogP contribution in [0.25, 0.3) is 0 Å². The van der Waals surface area contributed by atoms with E-state index in [0.717, 1.165) is 6.07 Å². The van der Waals surface area contributed by atoms with Crippen molar-refractivity contribution in [2.24, 2.45) is 0 Å². The number of Topliss-reactive ketones (excluding diaryl/α,β-unsaturated/α-hetero) is 1. The maximum Gasteiger partial charge on any atom is 0.300 e. The van der Waals surface area contributed by atoms with Crippen LogP contribution in [0.4, 0.5) is 8.78 Å². The Morgan fingerprint density at radius 1 is 1.46 bits per heavy atom. The SMILES string of the molecule is N#Cc1cccc(C(=O)C(F)F)c1. The predicted molar refractivity (Wildman–Crippen MR) is 41.5 cm³/mol. The van der Waals surface area contributed by atoms with Crippen LogP contribution in [0.15, 0.2) is 24.3 Å². The van der Waals surface area contributed by atoms with Crippen LogP contribution >= 0.6 is 0 Å². The molecule has 1 rings (SSSR count). The molecule has 0 aromatic heterocycles. The first kappa shape index (κ1) is 9.33. The fourth-order valence-electron chi connectivity index (χ4n) is 0.868. The monoisotopic (exact) mass is 181 g/mol. The number of hydrogen-bond donors (Lipinski definition) is 0. The quantitative estimate of drug-likeness (QED) is 0.654. The van der Waals surface area contributed by atoms with Crippen LogP contribution in [0, 0.1) is 11.3 Å². The molecule has 1 aromatic rings. The molecule has 0 unspecified atom stereocenters. The van der Waals surface area contributed by atoms with Crippen molar-refractivity contribution >= 4 is 5.78 Å². The largest absolute Gasteiger partial charge is 0.300 e. The number of nitrogens with zero attached hydrogens (tertiary/aromatic N) is 1. The minimum absolute atomic E-state index is 0.131. The summed E-state index contributed by atoms with van der Waals surface area (Å²) < 4.78 is 23.8. The Morgan fingerprint density at radius 3 is 2.69 bits per heavy atom. The second-order valence-electron chi connectivity index (χ2n) is 2.36. The van der Waals surface area contributed by atoms with Crippen molar-refractivity contribution in [3.05, 3.63) is 35.4 Å². The zero-order valence-corrected chi connectivity index (χ0v) is 6.50. The number of halogens is 2. The summed E-state index contributed by atoms with van der Waals surface area (Å²) >= 11 is 0. The van der Waals surface area contributed by atoms with Crippen molar-refractivity contribution in [3.63, 3.8) is 0 Å². The summed E-state index contributed by atoms with van der Waals surface area (Å²) in [6, 6.07) is 7.01. The van der Waals surface area contributed by atoms with Gasteiger partial charge in [-0.3, -0.25) is 4.79 Å². The van der Waals surface area contributed by atoms with Crippen molar-refractivity contribution in [1.82, 2.24) is 0 Å². The maximum atomic E-state index is 11.9. The first-order valence-electron chi connectivity index (χ1n) is 3.47. The summed E-state index contributed by atoms with van der Waals surface area (Å²) in [6.45, 7) is 0. The lowest BCUT2D eigenvalue weighted by Crippen LogP contribution is -2.09. The average Bonchev–Trinajstić information content (AvgIpc) is 2.16. The van der Waals surface area contributed by atoms with Crippen LogP contribution in [-0.2, 0) is 0 Å². The first-order valence-corrected chi connectivity index (χ1v) is 3.47. The number of nitriles is 1. The molecule has 0 amide bonds. The van der Waals surface area contributed by atoms with E-state index >= 15 is 0 Å². The number of benzene rings is 1. The standard InChI is InChI=1S/C9H5F2NO/c10-9(11)8(13)7-3-1-2-6(4-7)5-12/h1-4,9H. The lowest BCUT2D eigenvalue weighted by Gasteiger charge is -1.98. The van der Waals surface area contributed by atoms with Crippen LogP contribution in [-0.4, -0.2) is 12.2 Å². The van der Waals surface area contributed by atoms with E-state index in [1.165, 1.54) is 18.2 Å². The number of carbonyl (C=O) groups is 1. The third-order valence-corrected chi connectivity index (χ3v) is 1.47. The molecule has 0 saturated heterocycles. The highest BCUT2D eigenvalue weighted by molar-refractivity contribution is 5.98. The highest BCUT2D eigenvalue weighted by Gasteiger charge is 2.17. The third kappa shape index (κ3) is 2.09. The molecule has 0 spiro atoms. The highest BCUT2D eigenvalue weighted by atomic mass is 19.3. The Balaban J connectivity index is 3.04. The fourth-order valence-corrected chi connectivity index (χ4v) is 0.868. The van der Waals surface area contributed by atoms with Gasteiger partial charge in [-0.1, -0.05) is 12.1 Å². The van der Waals surface area contributed by atoms with Crippen LogP contribution < -0.4 is 0 Å². The smallest absolute Gasteiger partial charge is 0.288 e. The van der Waals surface area contributed by atoms with Crippen molar-refractivity contribution in [3.8, 4) is 6.07 Å². The molecule has 66 valence electrons. The molecule has 13 heavy (non-hydrogen) atoms. The lowest BCUT2D eigenvalue weighted by molar-refractivity contribution is 0.0678. The van der Waals surface area contributed by atoms with Gasteiger partial charge in [-0.15, -0.1) is 0 Å². The Morgan fingerprint density at radius 2 is 2.15 bits per heavy atom. The second kappa shape index (κ2) is 3.76. The van der Waals surface area contributed by atoms with E-state index in [-0.39, 0.29) is 11.1 Å². The Kier molecular flexibility index (Phi) is 2.70. The highest BCUT2D eigenvalue weighted by Crippen LogP contribution is 2.09. The number of carbonyl (C=O) groups excluding carboxylic acids is 1.